The summed E-state index contributed by atoms with van der Waals surface area (Å²) in [5.41, 5.74) is 0. The fraction of sp³-hybridized carbons (Fsp3) is 0.625. The molecule has 2 nitrogen and oxygen atoms in total. The summed E-state index contributed by atoms with van der Waals surface area (Å²) in [7, 11) is 0. The Balaban J connectivity index is 2.41. The molecule has 0 aromatic carbocycles. The number of nitrogens with one attached hydrogen (secondary N) is 1. The number of ketones is 1. The number of hydrogen-bond acceptors (Lipinski definition) is 2. The van der Waals surface area contributed by atoms with Crippen molar-refractivity contribution in [2.24, 2.45) is 0 Å². The van der Waals surface area contributed by atoms with Crippen LogP contribution in [0.25, 0.3) is 0 Å². The largest absolute Gasteiger partial charge is 0.304 e. The zero-order chi connectivity index (χ0) is 7.40. The molecule has 1 atom stereocenters. The Bertz CT molecular complexity index is 151. The normalized spacial score (nSPS) is 24.7. The van der Waals surface area contributed by atoms with Gasteiger partial charge in [-0.05, 0) is 6.42 Å². The van der Waals surface area contributed by atoms with Gasteiger partial charge in [0.1, 0.15) is 5.78 Å². The van der Waals surface area contributed by atoms with Crippen molar-refractivity contribution in [2.45, 2.75) is 25.8 Å². The van der Waals surface area contributed by atoms with Crippen LogP contribution in [0.5, 0.6) is 0 Å². The highest BCUT2D eigenvalue weighted by Crippen LogP contribution is 2.02. The second kappa shape index (κ2) is 3.52. The summed E-state index contributed by atoms with van der Waals surface area (Å²) in [5.74, 6) is 0.323. The van der Waals surface area contributed by atoms with Crippen LogP contribution in [0, 0.1) is 0 Å². The van der Waals surface area contributed by atoms with E-state index >= 15 is 0 Å². The summed E-state index contributed by atoms with van der Waals surface area (Å²) >= 11 is 0. The van der Waals surface area contributed by atoms with Crippen molar-refractivity contribution in [1.29, 1.82) is 0 Å². The van der Waals surface area contributed by atoms with Crippen molar-refractivity contribution in [1.82, 2.24) is 5.32 Å². The van der Waals surface area contributed by atoms with Gasteiger partial charge in [0.25, 0.3) is 0 Å². The zero-order valence-electron chi connectivity index (χ0n) is 6.26. The van der Waals surface area contributed by atoms with Gasteiger partial charge in [-0.15, -0.1) is 0 Å². The lowest BCUT2D eigenvalue weighted by molar-refractivity contribution is -0.120. The lowest BCUT2D eigenvalue weighted by atomic mass is 10.0. The van der Waals surface area contributed by atoms with E-state index in [4.69, 9.17) is 0 Å². The lowest BCUT2D eigenvalue weighted by Crippen LogP contribution is -2.38. The summed E-state index contributed by atoms with van der Waals surface area (Å²) in [6, 6.07) is 0.0926. The maximum absolute atomic E-state index is 11.1. The summed E-state index contributed by atoms with van der Waals surface area (Å²) in [4.78, 5) is 11.1. The van der Waals surface area contributed by atoms with E-state index in [0.717, 1.165) is 13.0 Å². The molecule has 0 aliphatic carbocycles. The molecule has 2 heteroatoms. The van der Waals surface area contributed by atoms with E-state index in [1.165, 1.54) is 0 Å². The molecule has 1 rings (SSSR count). The van der Waals surface area contributed by atoms with Crippen LogP contribution in [0.3, 0.4) is 0 Å². The van der Waals surface area contributed by atoms with Crippen molar-refractivity contribution in [3.63, 3.8) is 0 Å². The third kappa shape index (κ3) is 1.67. The molecule has 10 heavy (non-hydrogen) atoms. The van der Waals surface area contributed by atoms with Crippen molar-refractivity contribution < 1.29 is 4.79 Å². The number of carbonyl (C=O) groups is 1. The van der Waals surface area contributed by atoms with Gasteiger partial charge in [0.05, 0.1) is 6.04 Å². The highest BCUT2D eigenvalue weighted by molar-refractivity contribution is 5.84. The average molecular weight is 139 g/mol. The fourth-order valence-electron chi connectivity index (χ4n) is 1.10. The van der Waals surface area contributed by atoms with Crippen LogP contribution in [-0.2, 0) is 4.79 Å². The quantitative estimate of drug-likeness (QED) is 0.575. The molecule has 0 saturated carbocycles. The predicted molar refractivity (Wildman–Crippen MR) is 40.8 cm³/mol. The number of carbonyl (C=O) groups excluding carboxylic acids is 1. The van der Waals surface area contributed by atoms with Crippen molar-refractivity contribution in [3.05, 3.63) is 12.2 Å². The van der Waals surface area contributed by atoms with Crippen molar-refractivity contribution in [2.75, 3.05) is 6.54 Å². The smallest absolute Gasteiger partial charge is 0.149 e. The molecule has 0 saturated heterocycles. The first kappa shape index (κ1) is 7.48. The summed E-state index contributed by atoms with van der Waals surface area (Å²) < 4.78 is 0. The number of hydrogen-bond donors (Lipinski definition) is 1. The van der Waals surface area contributed by atoms with E-state index in [1.807, 2.05) is 6.92 Å². The maximum atomic E-state index is 11.1. The van der Waals surface area contributed by atoms with Crippen LogP contribution in [-0.4, -0.2) is 18.4 Å². The molecule has 1 aliphatic heterocycles. The minimum absolute atomic E-state index is 0.0926. The summed E-state index contributed by atoms with van der Waals surface area (Å²) in [6.45, 7) is 2.75. The molecule has 0 bridgehead atoms. The van der Waals surface area contributed by atoms with Gasteiger partial charge >= 0.3 is 0 Å². The molecule has 0 aromatic rings. The lowest BCUT2D eigenvalue weighted by Gasteiger charge is -2.16. The second-order valence-corrected chi connectivity index (χ2v) is 2.49. The Hall–Kier alpha value is -0.630. The number of rotatable bonds is 2. The summed E-state index contributed by atoms with van der Waals surface area (Å²) in [6.07, 6.45) is 5.63. The van der Waals surface area contributed by atoms with Crippen molar-refractivity contribution in [3.8, 4) is 0 Å². The third-order valence-corrected chi connectivity index (χ3v) is 1.76. The summed E-state index contributed by atoms with van der Waals surface area (Å²) in [5, 5.41) is 3.13. The van der Waals surface area contributed by atoms with Crippen LogP contribution in [0.1, 0.15) is 19.8 Å². The van der Waals surface area contributed by atoms with Gasteiger partial charge < -0.3 is 5.32 Å². The Labute approximate surface area is 61.3 Å². The first-order valence-corrected chi connectivity index (χ1v) is 3.75. The average Bonchev–Trinajstić information content (AvgIpc) is 2.05. The van der Waals surface area contributed by atoms with Crippen LogP contribution in [0.4, 0.5) is 0 Å². The number of Topliss-reactive ketones (excluding diaryl/α,β-unsaturated/α-hetero) is 1. The van der Waals surface area contributed by atoms with E-state index in [2.05, 4.69) is 17.5 Å². The van der Waals surface area contributed by atoms with Crippen LogP contribution in [0.2, 0.25) is 0 Å². The van der Waals surface area contributed by atoms with Gasteiger partial charge in [0.15, 0.2) is 0 Å². The molecule has 1 unspecified atom stereocenters. The SMILES string of the molecule is CCC(=O)C1CC=CCN1. The maximum Gasteiger partial charge on any atom is 0.149 e. The molecule has 0 radical (unpaired) electrons. The highest BCUT2D eigenvalue weighted by atomic mass is 16.1. The minimum atomic E-state index is 0.0926. The zero-order valence-corrected chi connectivity index (χ0v) is 6.26. The van der Waals surface area contributed by atoms with Gasteiger partial charge in [-0.3, -0.25) is 4.79 Å². The van der Waals surface area contributed by atoms with Crippen LogP contribution < -0.4 is 5.32 Å². The van der Waals surface area contributed by atoms with E-state index in [0.29, 0.717) is 12.2 Å². The Morgan fingerprint density at radius 2 is 2.50 bits per heavy atom. The molecule has 0 fully saturated rings. The second-order valence-electron chi connectivity index (χ2n) is 2.49. The van der Waals surface area contributed by atoms with Gasteiger partial charge in [0, 0.05) is 13.0 Å². The molecule has 1 N–H and O–H groups in total. The van der Waals surface area contributed by atoms with Crippen LogP contribution in [0.15, 0.2) is 12.2 Å². The van der Waals surface area contributed by atoms with E-state index in [-0.39, 0.29) is 6.04 Å². The van der Waals surface area contributed by atoms with Gasteiger partial charge in [0.2, 0.25) is 0 Å². The third-order valence-electron chi connectivity index (χ3n) is 1.76. The van der Waals surface area contributed by atoms with E-state index < -0.39 is 0 Å². The minimum Gasteiger partial charge on any atom is -0.304 e. The molecule has 0 spiro atoms. The van der Waals surface area contributed by atoms with Gasteiger partial charge in [-0.25, -0.2) is 0 Å². The first-order valence-electron chi connectivity index (χ1n) is 3.75. The monoisotopic (exact) mass is 139 g/mol. The Morgan fingerprint density at radius 1 is 1.70 bits per heavy atom. The highest BCUT2D eigenvalue weighted by Gasteiger charge is 2.14. The van der Waals surface area contributed by atoms with Crippen LogP contribution >= 0.6 is 0 Å². The fourth-order valence-corrected chi connectivity index (χ4v) is 1.10. The molecule has 0 amide bonds. The standard InChI is InChI=1S/C8H13NO/c1-2-8(10)7-5-3-4-6-9-7/h3-4,7,9H,2,5-6H2,1H3. The van der Waals surface area contributed by atoms with Gasteiger partial charge in [-0.1, -0.05) is 19.1 Å². The molecular formula is C8H13NO. The van der Waals surface area contributed by atoms with Crippen molar-refractivity contribution >= 4 is 5.78 Å². The van der Waals surface area contributed by atoms with E-state index in [9.17, 15) is 4.79 Å². The Morgan fingerprint density at radius 3 is 3.00 bits per heavy atom. The Kier molecular flexibility index (Phi) is 2.63. The molecule has 1 aliphatic rings. The molecule has 56 valence electrons. The topological polar surface area (TPSA) is 29.1 Å². The predicted octanol–water partition coefficient (Wildman–Crippen LogP) is 0.884. The van der Waals surface area contributed by atoms with Gasteiger partial charge in [-0.2, -0.15) is 0 Å². The molecule has 1 heterocycles. The molecular weight excluding hydrogens is 126 g/mol. The molecule has 0 aromatic heterocycles. The first-order chi connectivity index (χ1) is 4.84. The van der Waals surface area contributed by atoms with E-state index in [1.54, 1.807) is 0 Å².